The first-order valence-electron chi connectivity index (χ1n) is 5.37. The van der Waals surface area contributed by atoms with Crippen molar-refractivity contribution in [2.24, 2.45) is 5.10 Å². The molecule has 0 fully saturated rings. The Morgan fingerprint density at radius 1 is 1.21 bits per heavy atom. The van der Waals surface area contributed by atoms with Crippen molar-refractivity contribution in [2.45, 2.75) is 0 Å². The van der Waals surface area contributed by atoms with Crippen LogP contribution in [0.3, 0.4) is 0 Å². The minimum atomic E-state index is -0.977. The third-order valence-corrected chi connectivity index (χ3v) is 3.15. The van der Waals surface area contributed by atoms with Crippen LogP contribution in [-0.4, -0.2) is 23.2 Å². The molecule has 1 heterocycles. The van der Waals surface area contributed by atoms with Gasteiger partial charge in [-0.3, -0.25) is 4.79 Å². The second kappa shape index (κ2) is 5.92. The van der Waals surface area contributed by atoms with Crippen LogP contribution in [-0.2, 0) is 0 Å². The molecule has 1 amide bonds. The molecule has 0 saturated carbocycles. The average molecular weight is 274 g/mol. The van der Waals surface area contributed by atoms with E-state index in [4.69, 9.17) is 5.11 Å². The third kappa shape index (κ3) is 3.49. The summed E-state index contributed by atoms with van der Waals surface area (Å²) in [5.74, 6) is -1.25. The molecular formula is C13H10N2O3S. The number of rotatable bonds is 4. The van der Waals surface area contributed by atoms with Crippen molar-refractivity contribution in [2.75, 3.05) is 0 Å². The van der Waals surface area contributed by atoms with Crippen LogP contribution < -0.4 is 5.43 Å². The van der Waals surface area contributed by atoms with E-state index >= 15 is 0 Å². The van der Waals surface area contributed by atoms with E-state index in [0.29, 0.717) is 10.4 Å². The highest BCUT2D eigenvalue weighted by Gasteiger charge is 2.04. The highest BCUT2D eigenvalue weighted by Crippen LogP contribution is 2.07. The van der Waals surface area contributed by atoms with Gasteiger partial charge in [-0.05, 0) is 29.1 Å². The number of carbonyl (C=O) groups is 2. The van der Waals surface area contributed by atoms with Crippen molar-refractivity contribution >= 4 is 29.4 Å². The van der Waals surface area contributed by atoms with E-state index in [0.717, 1.165) is 0 Å². The van der Waals surface area contributed by atoms with Crippen molar-refractivity contribution in [3.8, 4) is 0 Å². The summed E-state index contributed by atoms with van der Waals surface area (Å²) in [5.41, 5.74) is 3.31. The predicted molar refractivity (Wildman–Crippen MR) is 72.8 cm³/mol. The lowest BCUT2D eigenvalue weighted by atomic mass is 10.1. The first-order valence-corrected chi connectivity index (χ1v) is 6.25. The largest absolute Gasteiger partial charge is 0.478 e. The number of benzene rings is 1. The highest BCUT2D eigenvalue weighted by molar-refractivity contribution is 7.12. The van der Waals surface area contributed by atoms with Gasteiger partial charge in [-0.15, -0.1) is 11.3 Å². The maximum atomic E-state index is 11.5. The maximum Gasteiger partial charge on any atom is 0.335 e. The third-order valence-electron chi connectivity index (χ3n) is 2.28. The van der Waals surface area contributed by atoms with Gasteiger partial charge in [0, 0.05) is 0 Å². The van der Waals surface area contributed by atoms with Crippen molar-refractivity contribution in [3.05, 3.63) is 57.8 Å². The smallest absolute Gasteiger partial charge is 0.335 e. The van der Waals surface area contributed by atoms with E-state index in [1.807, 2.05) is 5.38 Å². The Kier molecular flexibility index (Phi) is 4.04. The Morgan fingerprint density at radius 3 is 2.53 bits per heavy atom. The van der Waals surface area contributed by atoms with Gasteiger partial charge in [-0.2, -0.15) is 5.10 Å². The van der Waals surface area contributed by atoms with Crippen LogP contribution in [0, 0.1) is 0 Å². The monoisotopic (exact) mass is 274 g/mol. The molecule has 0 aliphatic heterocycles. The fraction of sp³-hybridized carbons (Fsp3) is 0. The van der Waals surface area contributed by atoms with Crippen molar-refractivity contribution < 1.29 is 14.7 Å². The lowest BCUT2D eigenvalue weighted by Crippen LogP contribution is -2.16. The van der Waals surface area contributed by atoms with Gasteiger partial charge in [0.15, 0.2) is 0 Å². The van der Waals surface area contributed by atoms with Gasteiger partial charge in [0.1, 0.15) is 0 Å². The second-order valence-corrected chi connectivity index (χ2v) is 4.55. The van der Waals surface area contributed by atoms with Crippen LogP contribution in [0.4, 0.5) is 0 Å². The number of thiophene rings is 1. The molecule has 0 unspecified atom stereocenters. The minimum absolute atomic E-state index is 0.208. The number of nitrogens with one attached hydrogen (secondary N) is 1. The van der Waals surface area contributed by atoms with Crippen LogP contribution in [0.5, 0.6) is 0 Å². The zero-order chi connectivity index (χ0) is 13.7. The minimum Gasteiger partial charge on any atom is -0.478 e. The topological polar surface area (TPSA) is 78.8 Å². The van der Waals surface area contributed by atoms with E-state index in [1.165, 1.54) is 29.7 Å². The summed E-state index contributed by atoms with van der Waals surface area (Å²) in [5, 5.41) is 14.4. The second-order valence-electron chi connectivity index (χ2n) is 3.60. The van der Waals surface area contributed by atoms with Crippen LogP contribution in [0.1, 0.15) is 25.6 Å². The number of carboxylic acid groups (broad SMARTS) is 1. The number of aromatic carboxylic acids is 1. The fourth-order valence-electron chi connectivity index (χ4n) is 1.34. The van der Waals surface area contributed by atoms with Crippen molar-refractivity contribution in [1.29, 1.82) is 0 Å². The Bertz CT molecular complexity index is 603. The van der Waals surface area contributed by atoms with E-state index in [1.54, 1.807) is 24.3 Å². The van der Waals surface area contributed by atoms with Crippen LogP contribution >= 0.6 is 11.3 Å². The number of nitrogens with zero attached hydrogens (tertiary/aromatic N) is 1. The molecule has 1 aromatic heterocycles. The molecule has 1 aromatic carbocycles. The molecule has 2 rings (SSSR count). The van der Waals surface area contributed by atoms with Crippen LogP contribution in [0.15, 0.2) is 46.9 Å². The Morgan fingerprint density at radius 2 is 1.95 bits per heavy atom. The van der Waals surface area contributed by atoms with Crippen molar-refractivity contribution in [1.82, 2.24) is 5.43 Å². The number of hydrogen-bond acceptors (Lipinski definition) is 4. The SMILES string of the molecule is O=C(O)c1ccc(/C=N\NC(=O)c2cccs2)cc1. The summed E-state index contributed by atoms with van der Waals surface area (Å²) in [7, 11) is 0. The maximum absolute atomic E-state index is 11.5. The number of carboxylic acids is 1. The van der Waals surface area contributed by atoms with Crippen LogP contribution in [0.25, 0.3) is 0 Å². The summed E-state index contributed by atoms with van der Waals surface area (Å²) in [6, 6.07) is 9.68. The summed E-state index contributed by atoms with van der Waals surface area (Å²) < 4.78 is 0. The van der Waals surface area contributed by atoms with Gasteiger partial charge in [-0.1, -0.05) is 18.2 Å². The van der Waals surface area contributed by atoms with Gasteiger partial charge in [-0.25, -0.2) is 10.2 Å². The number of amides is 1. The number of hydrogen-bond donors (Lipinski definition) is 2. The quantitative estimate of drug-likeness (QED) is 0.662. The molecule has 0 saturated heterocycles. The lowest BCUT2D eigenvalue weighted by Gasteiger charge is -1.97. The van der Waals surface area contributed by atoms with E-state index < -0.39 is 5.97 Å². The predicted octanol–water partition coefficient (Wildman–Crippen LogP) is 2.21. The molecule has 0 aliphatic carbocycles. The average Bonchev–Trinajstić information content (AvgIpc) is 2.93. The molecular weight excluding hydrogens is 264 g/mol. The molecule has 96 valence electrons. The van der Waals surface area contributed by atoms with E-state index in [2.05, 4.69) is 10.5 Å². The van der Waals surface area contributed by atoms with Gasteiger partial charge in [0.05, 0.1) is 16.7 Å². The van der Waals surface area contributed by atoms with Gasteiger partial charge in [0.25, 0.3) is 5.91 Å². The molecule has 19 heavy (non-hydrogen) atoms. The zero-order valence-electron chi connectivity index (χ0n) is 9.74. The summed E-state index contributed by atoms with van der Waals surface area (Å²) in [6.45, 7) is 0. The fourth-order valence-corrected chi connectivity index (χ4v) is 1.95. The Hall–Kier alpha value is -2.47. The molecule has 2 N–H and O–H groups in total. The number of carbonyl (C=O) groups excluding carboxylic acids is 1. The van der Waals surface area contributed by atoms with Crippen molar-refractivity contribution in [3.63, 3.8) is 0 Å². The molecule has 0 spiro atoms. The molecule has 5 nitrogen and oxygen atoms in total. The van der Waals surface area contributed by atoms with Gasteiger partial charge in [0.2, 0.25) is 0 Å². The Balaban J connectivity index is 1.95. The van der Waals surface area contributed by atoms with E-state index in [9.17, 15) is 9.59 Å². The molecule has 2 aromatic rings. The van der Waals surface area contributed by atoms with E-state index in [-0.39, 0.29) is 11.5 Å². The van der Waals surface area contributed by atoms with Gasteiger partial charge >= 0.3 is 5.97 Å². The highest BCUT2D eigenvalue weighted by atomic mass is 32.1. The molecule has 0 radical (unpaired) electrons. The first-order chi connectivity index (χ1) is 9.16. The molecule has 0 aliphatic rings. The summed E-state index contributed by atoms with van der Waals surface area (Å²) in [6.07, 6.45) is 1.46. The lowest BCUT2D eigenvalue weighted by molar-refractivity contribution is 0.0696. The first kappa shape index (κ1) is 13.0. The number of hydrazone groups is 1. The Labute approximate surface area is 113 Å². The normalized spacial score (nSPS) is 10.5. The zero-order valence-corrected chi connectivity index (χ0v) is 10.6. The molecule has 0 atom stereocenters. The molecule has 0 bridgehead atoms. The summed E-state index contributed by atoms with van der Waals surface area (Å²) in [4.78, 5) is 22.8. The van der Waals surface area contributed by atoms with Gasteiger partial charge < -0.3 is 5.11 Å². The molecule has 6 heteroatoms. The standard InChI is InChI=1S/C13H10N2O3S/c16-12(11-2-1-7-19-11)15-14-8-9-3-5-10(6-4-9)13(17)18/h1-8H,(H,15,16)(H,17,18)/b14-8-. The van der Waals surface area contributed by atoms with Crippen LogP contribution in [0.2, 0.25) is 0 Å². The summed E-state index contributed by atoms with van der Waals surface area (Å²) >= 11 is 1.33.